The normalized spacial score (nSPS) is 13.7. The fraction of sp³-hybridized carbons (Fsp3) is 0.294. The number of hydrogen-bond donors (Lipinski definition) is 2. The van der Waals surface area contributed by atoms with Crippen LogP contribution in [0.2, 0.25) is 0 Å². The number of ether oxygens (including phenoxy) is 2. The maximum atomic E-state index is 12.0. The summed E-state index contributed by atoms with van der Waals surface area (Å²) in [5.74, 6) is 0.998. The third kappa shape index (κ3) is 5.22. The molecule has 1 aliphatic rings. The highest BCUT2D eigenvalue weighted by Gasteiger charge is 2.45. The average molecular weight is 386 g/mol. The molecule has 0 aliphatic heterocycles. The maximum Gasteiger partial charge on any atom is 0.244 e. The molecule has 1 heterocycles. The van der Waals surface area contributed by atoms with E-state index in [0.717, 1.165) is 18.4 Å². The molecule has 0 radical (unpaired) electrons. The van der Waals surface area contributed by atoms with Gasteiger partial charge < -0.3 is 20.5 Å². The van der Waals surface area contributed by atoms with E-state index < -0.39 is 5.54 Å². The van der Waals surface area contributed by atoms with Crippen molar-refractivity contribution in [2.45, 2.75) is 25.0 Å². The minimum atomic E-state index is -0.710. The van der Waals surface area contributed by atoms with E-state index in [2.05, 4.69) is 10.3 Å². The van der Waals surface area contributed by atoms with Crippen molar-refractivity contribution >= 4 is 36.4 Å². The monoisotopic (exact) mass is 385 g/mol. The van der Waals surface area contributed by atoms with Gasteiger partial charge in [-0.3, -0.25) is 9.78 Å². The third-order valence-corrected chi connectivity index (χ3v) is 3.81. The lowest BCUT2D eigenvalue weighted by molar-refractivity contribution is -0.118. The molecule has 0 saturated heterocycles. The van der Waals surface area contributed by atoms with Crippen molar-refractivity contribution in [1.29, 1.82) is 0 Å². The molecule has 0 spiro atoms. The Morgan fingerprint density at radius 3 is 2.48 bits per heavy atom. The SMILES string of the molecule is COc1ccc(NC(=O)C2(N)CC2)cc1OCc1ccncc1.Cl.Cl. The van der Waals surface area contributed by atoms with E-state index in [1.165, 1.54) is 0 Å². The number of methoxy groups -OCH3 is 1. The van der Waals surface area contributed by atoms with Crippen LogP contribution < -0.4 is 20.5 Å². The lowest BCUT2D eigenvalue weighted by Gasteiger charge is -2.14. The van der Waals surface area contributed by atoms with Gasteiger partial charge in [0, 0.05) is 24.1 Å². The molecular weight excluding hydrogens is 365 g/mol. The van der Waals surface area contributed by atoms with E-state index in [-0.39, 0.29) is 30.7 Å². The predicted molar refractivity (Wildman–Crippen MR) is 101 cm³/mol. The minimum Gasteiger partial charge on any atom is -0.493 e. The van der Waals surface area contributed by atoms with Crippen LogP contribution in [0.4, 0.5) is 5.69 Å². The molecule has 0 bridgehead atoms. The Kier molecular flexibility index (Phi) is 7.48. The summed E-state index contributed by atoms with van der Waals surface area (Å²) in [5.41, 5.74) is 6.81. The van der Waals surface area contributed by atoms with Crippen molar-refractivity contribution < 1.29 is 14.3 Å². The number of pyridine rings is 1. The first-order valence-corrected chi connectivity index (χ1v) is 7.41. The Hall–Kier alpha value is -2.02. The summed E-state index contributed by atoms with van der Waals surface area (Å²) in [6.45, 7) is 0.386. The van der Waals surface area contributed by atoms with Crippen LogP contribution in [0.1, 0.15) is 18.4 Å². The molecule has 2 aromatic rings. The lowest BCUT2D eigenvalue weighted by atomic mass is 10.2. The van der Waals surface area contributed by atoms with E-state index in [1.54, 1.807) is 37.7 Å². The smallest absolute Gasteiger partial charge is 0.244 e. The van der Waals surface area contributed by atoms with E-state index in [4.69, 9.17) is 15.2 Å². The number of benzene rings is 1. The number of carbonyl (C=O) groups excluding carboxylic acids is 1. The zero-order valence-corrected chi connectivity index (χ0v) is 15.4. The van der Waals surface area contributed by atoms with E-state index >= 15 is 0 Å². The molecule has 3 rings (SSSR count). The summed E-state index contributed by atoms with van der Waals surface area (Å²) >= 11 is 0. The van der Waals surface area contributed by atoms with Gasteiger partial charge >= 0.3 is 0 Å². The fourth-order valence-electron chi connectivity index (χ4n) is 2.12. The van der Waals surface area contributed by atoms with Gasteiger partial charge in [0.15, 0.2) is 11.5 Å². The highest BCUT2D eigenvalue weighted by molar-refractivity contribution is 6.00. The molecule has 1 aromatic heterocycles. The molecule has 3 N–H and O–H groups in total. The van der Waals surface area contributed by atoms with Crippen molar-refractivity contribution in [3.63, 3.8) is 0 Å². The molecule has 1 fully saturated rings. The van der Waals surface area contributed by atoms with Crippen LogP contribution in [-0.4, -0.2) is 23.5 Å². The number of anilines is 1. The molecule has 8 heteroatoms. The maximum absolute atomic E-state index is 12.0. The Bertz CT molecular complexity index is 710. The quantitative estimate of drug-likeness (QED) is 0.797. The second-order valence-electron chi connectivity index (χ2n) is 5.62. The number of nitrogens with one attached hydrogen (secondary N) is 1. The average Bonchev–Trinajstić information content (AvgIpc) is 3.33. The molecule has 25 heavy (non-hydrogen) atoms. The van der Waals surface area contributed by atoms with Crippen molar-refractivity contribution in [1.82, 2.24) is 4.98 Å². The topological polar surface area (TPSA) is 86.5 Å². The molecule has 1 aromatic carbocycles. The number of nitrogens with two attached hydrogens (primary N) is 1. The van der Waals surface area contributed by atoms with Crippen LogP contribution in [0, 0.1) is 0 Å². The molecule has 1 aliphatic carbocycles. The van der Waals surface area contributed by atoms with Gasteiger partial charge in [0.05, 0.1) is 12.6 Å². The summed E-state index contributed by atoms with van der Waals surface area (Å²) in [7, 11) is 1.58. The third-order valence-electron chi connectivity index (χ3n) is 3.81. The van der Waals surface area contributed by atoms with Crippen LogP contribution in [0.25, 0.3) is 0 Å². The van der Waals surface area contributed by atoms with Crippen LogP contribution in [-0.2, 0) is 11.4 Å². The first-order chi connectivity index (χ1) is 11.1. The van der Waals surface area contributed by atoms with Crippen molar-refractivity contribution in [3.05, 3.63) is 48.3 Å². The number of nitrogens with zero attached hydrogens (tertiary/aromatic N) is 1. The van der Waals surface area contributed by atoms with Gasteiger partial charge in [0.1, 0.15) is 6.61 Å². The molecule has 6 nitrogen and oxygen atoms in total. The zero-order valence-electron chi connectivity index (χ0n) is 13.7. The zero-order chi connectivity index (χ0) is 16.3. The predicted octanol–water partition coefficient (Wildman–Crippen LogP) is 2.94. The van der Waals surface area contributed by atoms with Gasteiger partial charge in [0.25, 0.3) is 0 Å². The number of carbonyl (C=O) groups is 1. The first-order valence-electron chi connectivity index (χ1n) is 7.41. The van der Waals surface area contributed by atoms with Gasteiger partial charge in [-0.2, -0.15) is 0 Å². The number of rotatable bonds is 6. The Balaban J connectivity index is 0.00000156. The van der Waals surface area contributed by atoms with Crippen molar-refractivity contribution in [2.24, 2.45) is 5.73 Å². The van der Waals surface area contributed by atoms with Gasteiger partial charge in [0.2, 0.25) is 5.91 Å². The van der Waals surface area contributed by atoms with Crippen LogP contribution >= 0.6 is 24.8 Å². The Morgan fingerprint density at radius 2 is 1.88 bits per heavy atom. The molecule has 0 unspecified atom stereocenters. The number of halogens is 2. The standard InChI is InChI=1S/C17H19N3O3.2ClH/c1-22-14-3-2-13(20-16(21)17(18)6-7-17)10-15(14)23-11-12-4-8-19-9-5-12;;/h2-5,8-10H,6-7,11,18H2,1H3,(H,20,21);2*1H. The molecular formula is C17H21Cl2N3O3. The second kappa shape index (κ2) is 8.89. The number of amides is 1. The minimum absolute atomic E-state index is 0. The molecule has 1 saturated carbocycles. The van der Waals surface area contributed by atoms with E-state index in [1.807, 2.05) is 12.1 Å². The fourth-order valence-corrected chi connectivity index (χ4v) is 2.12. The van der Waals surface area contributed by atoms with Crippen molar-refractivity contribution in [3.8, 4) is 11.5 Å². The number of hydrogen-bond acceptors (Lipinski definition) is 5. The largest absolute Gasteiger partial charge is 0.493 e. The summed E-state index contributed by atoms with van der Waals surface area (Å²) in [6, 6.07) is 9.02. The summed E-state index contributed by atoms with van der Waals surface area (Å²) < 4.78 is 11.1. The van der Waals surface area contributed by atoms with Crippen LogP contribution in [0.3, 0.4) is 0 Å². The molecule has 1 amide bonds. The van der Waals surface area contributed by atoms with Crippen LogP contribution in [0.15, 0.2) is 42.7 Å². The summed E-state index contributed by atoms with van der Waals surface area (Å²) in [6.07, 6.45) is 4.87. The van der Waals surface area contributed by atoms with Gasteiger partial charge in [-0.15, -0.1) is 24.8 Å². The Morgan fingerprint density at radius 1 is 1.20 bits per heavy atom. The van der Waals surface area contributed by atoms with Gasteiger partial charge in [-0.25, -0.2) is 0 Å². The highest BCUT2D eigenvalue weighted by Crippen LogP contribution is 2.35. The van der Waals surface area contributed by atoms with E-state index in [0.29, 0.717) is 23.8 Å². The van der Waals surface area contributed by atoms with Gasteiger partial charge in [-0.1, -0.05) is 0 Å². The molecule has 136 valence electrons. The summed E-state index contributed by atoms with van der Waals surface area (Å²) in [5, 5.41) is 2.82. The Labute approximate surface area is 158 Å². The van der Waals surface area contributed by atoms with Gasteiger partial charge in [-0.05, 0) is 42.7 Å². The van der Waals surface area contributed by atoms with Crippen LogP contribution in [0.5, 0.6) is 11.5 Å². The second-order valence-corrected chi connectivity index (χ2v) is 5.62. The van der Waals surface area contributed by atoms with E-state index in [9.17, 15) is 4.79 Å². The highest BCUT2D eigenvalue weighted by atomic mass is 35.5. The van der Waals surface area contributed by atoms with Crippen molar-refractivity contribution in [2.75, 3.05) is 12.4 Å². The lowest BCUT2D eigenvalue weighted by Crippen LogP contribution is -2.37. The number of aromatic nitrogens is 1. The first kappa shape index (κ1) is 21.0. The molecule has 0 atom stereocenters. The summed E-state index contributed by atoms with van der Waals surface area (Å²) in [4.78, 5) is 16.0.